The van der Waals surface area contributed by atoms with E-state index in [1.807, 2.05) is 23.9 Å². The van der Waals surface area contributed by atoms with Crippen LogP contribution in [0.15, 0.2) is 24.3 Å². The van der Waals surface area contributed by atoms with E-state index in [4.69, 9.17) is 9.47 Å². The van der Waals surface area contributed by atoms with Gasteiger partial charge < -0.3 is 14.8 Å². The Hall–Kier alpha value is -0.710. The molecule has 2 rings (SSSR count). The molecule has 0 amide bonds. The zero-order valence-corrected chi connectivity index (χ0v) is 11.0. The van der Waals surface area contributed by atoms with Crippen molar-refractivity contribution in [2.45, 2.75) is 5.25 Å². The lowest BCUT2D eigenvalue weighted by molar-refractivity contribution is 0.146. The molecule has 1 aliphatic rings. The quantitative estimate of drug-likeness (QED) is 0.814. The van der Waals surface area contributed by atoms with E-state index < -0.39 is 0 Å². The molecule has 17 heavy (non-hydrogen) atoms. The SMILES string of the molecule is COCCOc1ccc(C2CNCCS2)cc1. The van der Waals surface area contributed by atoms with E-state index in [0.717, 1.165) is 18.8 Å². The molecule has 0 spiro atoms. The van der Waals surface area contributed by atoms with Gasteiger partial charge in [-0.05, 0) is 17.7 Å². The Labute approximate surface area is 107 Å². The van der Waals surface area contributed by atoms with Gasteiger partial charge in [-0.25, -0.2) is 0 Å². The minimum Gasteiger partial charge on any atom is -0.491 e. The number of hydrogen-bond donors (Lipinski definition) is 1. The number of benzene rings is 1. The highest BCUT2D eigenvalue weighted by Gasteiger charge is 2.15. The van der Waals surface area contributed by atoms with E-state index in [1.54, 1.807) is 7.11 Å². The molecule has 3 nitrogen and oxygen atoms in total. The van der Waals surface area contributed by atoms with Crippen molar-refractivity contribution in [1.29, 1.82) is 0 Å². The Bertz CT molecular complexity index is 323. The van der Waals surface area contributed by atoms with Gasteiger partial charge in [0.1, 0.15) is 12.4 Å². The van der Waals surface area contributed by atoms with Crippen molar-refractivity contribution in [2.75, 3.05) is 39.2 Å². The number of ether oxygens (including phenoxy) is 2. The van der Waals surface area contributed by atoms with Crippen LogP contribution in [0.25, 0.3) is 0 Å². The fraction of sp³-hybridized carbons (Fsp3) is 0.538. The molecule has 0 saturated carbocycles. The van der Waals surface area contributed by atoms with Crippen LogP contribution in [0.3, 0.4) is 0 Å². The van der Waals surface area contributed by atoms with Gasteiger partial charge in [-0.2, -0.15) is 11.8 Å². The highest BCUT2D eigenvalue weighted by atomic mass is 32.2. The summed E-state index contributed by atoms with van der Waals surface area (Å²) in [5, 5.41) is 4.00. The average molecular weight is 253 g/mol. The maximum atomic E-state index is 5.54. The summed E-state index contributed by atoms with van der Waals surface area (Å²) in [6, 6.07) is 8.40. The Morgan fingerprint density at radius 3 is 2.76 bits per heavy atom. The number of nitrogens with one attached hydrogen (secondary N) is 1. The van der Waals surface area contributed by atoms with Crippen LogP contribution in [-0.2, 0) is 4.74 Å². The summed E-state index contributed by atoms with van der Waals surface area (Å²) < 4.78 is 10.5. The van der Waals surface area contributed by atoms with E-state index in [1.165, 1.54) is 11.3 Å². The zero-order valence-electron chi connectivity index (χ0n) is 10.1. The Morgan fingerprint density at radius 1 is 1.29 bits per heavy atom. The first-order valence-corrected chi connectivity index (χ1v) is 6.99. The third-order valence-corrected chi connectivity index (χ3v) is 4.02. The predicted molar refractivity (Wildman–Crippen MR) is 71.9 cm³/mol. The maximum Gasteiger partial charge on any atom is 0.119 e. The third-order valence-electron chi connectivity index (χ3n) is 2.74. The van der Waals surface area contributed by atoms with Crippen molar-refractivity contribution in [2.24, 2.45) is 0 Å². The highest BCUT2D eigenvalue weighted by molar-refractivity contribution is 7.99. The summed E-state index contributed by atoms with van der Waals surface area (Å²) in [4.78, 5) is 0. The van der Waals surface area contributed by atoms with Crippen LogP contribution in [0.4, 0.5) is 0 Å². The molecule has 1 N–H and O–H groups in total. The van der Waals surface area contributed by atoms with Crippen molar-refractivity contribution < 1.29 is 9.47 Å². The highest BCUT2D eigenvalue weighted by Crippen LogP contribution is 2.30. The van der Waals surface area contributed by atoms with E-state index in [-0.39, 0.29) is 0 Å². The van der Waals surface area contributed by atoms with Crippen LogP contribution in [-0.4, -0.2) is 39.2 Å². The van der Waals surface area contributed by atoms with Gasteiger partial charge in [-0.15, -0.1) is 0 Å². The standard InChI is InChI=1S/C13H19NO2S/c1-15-7-8-16-12-4-2-11(3-5-12)13-10-14-6-9-17-13/h2-5,13-14H,6-10H2,1H3. The lowest BCUT2D eigenvalue weighted by atomic mass is 10.1. The summed E-state index contributed by atoms with van der Waals surface area (Å²) in [6.07, 6.45) is 0. The van der Waals surface area contributed by atoms with Crippen molar-refractivity contribution in [3.8, 4) is 5.75 Å². The topological polar surface area (TPSA) is 30.5 Å². The second-order valence-electron chi connectivity index (χ2n) is 3.97. The molecule has 0 bridgehead atoms. The number of rotatable bonds is 5. The summed E-state index contributed by atoms with van der Waals surface area (Å²) in [5.74, 6) is 2.11. The lowest BCUT2D eigenvalue weighted by Gasteiger charge is -2.22. The van der Waals surface area contributed by atoms with E-state index in [9.17, 15) is 0 Å². The van der Waals surface area contributed by atoms with Crippen LogP contribution in [0.5, 0.6) is 5.75 Å². The average Bonchev–Trinajstić information content (AvgIpc) is 2.41. The fourth-order valence-electron chi connectivity index (χ4n) is 1.80. The first-order valence-electron chi connectivity index (χ1n) is 5.94. The molecular formula is C13H19NO2S. The molecule has 4 heteroatoms. The van der Waals surface area contributed by atoms with Crippen molar-refractivity contribution in [3.63, 3.8) is 0 Å². The van der Waals surface area contributed by atoms with Crippen LogP contribution in [0.2, 0.25) is 0 Å². The molecule has 1 unspecified atom stereocenters. The van der Waals surface area contributed by atoms with Gasteiger partial charge in [0, 0.05) is 31.2 Å². The van der Waals surface area contributed by atoms with Gasteiger partial charge in [-0.3, -0.25) is 0 Å². The van der Waals surface area contributed by atoms with E-state index in [2.05, 4.69) is 17.4 Å². The molecule has 0 aliphatic carbocycles. The molecule has 94 valence electrons. The first-order chi connectivity index (χ1) is 8.40. The summed E-state index contributed by atoms with van der Waals surface area (Å²) >= 11 is 2.02. The van der Waals surface area contributed by atoms with Crippen LogP contribution in [0, 0.1) is 0 Å². The second-order valence-corrected chi connectivity index (χ2v) is 5.28. The molecule has 1 aromatic rings. The Kier molecular flexibility index (Phi) is 5.16. The smallest absolute Gasteiger partial charge is 0.119 e. The molecule has 0 aromatic heterocycles. The van der Waals surface area contributed by atoms with Gasteiger partial charge in [0.25, 0.3) is 0 Å². The summed E-state index contributed by atoms with van der Waals surface area (Å²) in [6.45, 7) is 3.42. The molecular weight excluding hydrogens is 234 g/mol. The zero-order chi connectivity index (χ0) is 11.9. The molecule has 1 atom stereocenters. The number of methoxy groups -OCH3 is 1. The first kappa shape index (κ1) is 12.7. The minimum atomic E-state index is 0.580. The Balaban J connectivity index is 1.88. The van der Waals surface area contributed by atoms with Gasteiger partial charge in [0.05, 0.1) is 6.61 Å². The third kappa shape index (κ3) is 3.91. The normalized spacial score (nSPS) is 20.2. The van der Waals surface area contributed by atoms with Gasteiger partial charge in [0.2, 0.25) is 0 Å². The molecule has 0 radical (unpaired) electrons. The predicted octanol–water partition coefficient (Wildman–Crippen LogP) is 2.09. The van der Waals surface area contributed by atoms with E-state index in [0.29, 0.717) is 18.5 Å². The number of hydrogen-bond acceptors (Lipinski definition) is 4. The second kappa shape index (κ2) is 6.89. The van der Waals surface area contributed by atoms with Gasteiger partial charge in [-0.1, -0.05) is 12.1 Å². The van der Waals surface area contributed by atoms with Crippen molar-refractivity contribution >= 4 is 11.8 Å². The summed E-state index contributed by atoms with van der Waals surface area (Å²) in [7, 11) is 1.68. The van der Waals surface area contributed by atoms with Gasteiger partial charge in [0.15, 0.2) is 0 Å². The van der Waals surface area contributed by atoms with Gasteiger partial charge >= 0.3 is 0 Å². The molecule has 1 aromatic carbocycles. The fourth-order valence-corrected chi connectivity index (χ4v) is 2.93. The molecule has 1 heterocycles. The van der Waals surface area contributed by atoms with Crippen LogP contribution >= 0.6 is 11.8 Å². The van der Waals surface area contributed by atoms with Crippen LogP contribution < -0.4 is 10.1 Å². The molecule has 1 fully saturated rings. The maximum absolute atomic E-state index is 5.54. The Morgan fingerprint density at radius 2 is 2.12 bits per heavy atom. The van der Waals surface area contributed by atoms with E-state index >= 15 is 0 Å². The lowest BCUT2D eigenvalue weighted by Crippen LogP contribution is -2.28. The minimum absolute atomic E-state index is 0.580. The molecule has 1 saturated heterocycles. The van der Waals surface area contributed by atoms with Crippen molar-refractivity contribution in [3.05, 3.63) is 29.8 Å². The van der Waals surface area contributed by atoms with Crippen molar-refractivity contribution in [1.82, 2.24) is 5.32 Å². The number of thioether (sulfide) groups is 1. The monoisotopic (exact) mass is 253 g/mol. The van der Waals surface area contributed by atoms with Crippen LogP contribution in [0.1, 0.15) is 10.8 Å². The summed E-state index contributed by atoms with van der Waals surface area (Å²) in [5.41, 5.74) is 1.38. The largest absolute Gasteiger partial charge is 0.491 e. The molecule has 1 aliphatic heterocycles.